The Morgan fingerprint density at radius 1 is 1.67 bits per heavy atom. The van der Waals surface area contributed by atoms with Gasteiger partial charge in [-0.25, -0.2) is 4.79 Å². The molecule has 0 aliphatic rings. The van der Waals surface area contributed by atoms with E-state index >= 15 is 0 Å². The van der Waals surface area contributed by atoms with E-state index in [9.17, 15) is 9.59 Å². The highest BCUT2D eigenvalue weighted by molar-refractivity contribution is 7.15. The zero-order valence-corrected chi connectivity index (χ0v) is 7.60. The lowest BCUT2D eigenvalue weighted by molar-refractivity contribution is 0.0606. The molecule has 0 amide bonds. The van der Waals surface area contributed by atoms with Crippen LogP contribution in [-0.4, -0.2) is 19.4 Å². The lowest BCUT2D eigenvalue weighted by atomic mass is 10.3. The Morgan fingerprint density at radius 2 is 2.33 bits per heavy atom. The molecule has 1 rings (SSSR count). The number of carbonyl (C=O) groups excluding carboxylic acids is 2. The summed E-state index contributed by atoms with van der Waals surface area (Å²) in [5.41, 5.74) is 0.815. The number of hydrogen-bond donors (Lipinski definition) is 0. The van der Waals surface area contributed by atoms with Gasteiger partial charge in [-0.2, -0.15) is 0 Å². The third-order valence-electron chi connectivity index (χ3n) is 1.45. The van der Waals surface area contributed by atoms with Crippen molar-refractivity contribution in [3.63, 3.8) is 0 Å². The van der Waals surface area contributed by atoms with Gasteiger partial charge >= 0.3 is 5.97 Å². The molecular formula is C8H8O3S. The molecule has 0 N–H and O–H groups in total. The highest BCUT2D eigenvalue weighted by Crippen LogP contribution is 2.20. The van der Waals surface area contributed by atoms with Crippen LogP contribution in [0.2, 0.25) is 0 Å². The zero-order valence-electron chi connectivity index (χ0n) is 6.79. The maximum Gasteiger partial charge on any atom is 0.348 e. The van der Waals surface area contributed by atoms with E-state index < -0.39 is 5.97 Å². The van der Waals surface area contributed by atoms with Crippen molar-refractivity contribution in [1.29, 1.82) is 0 Å². The largest absolute Gasteiger partial charge is 0.465 e. The summed E-state index contributed by atoms with van der Waals surface area (Å²) in [7, 11) is 1.32. The van der Waals surface area contributed by atoms with Gasteiger partial charge in [-0.05, 0) is 18.6 Å². The highest BCUT2D eigenvalue weighted by Gasteiger charge is 2.11. The summed E-state index contributed by atoms with van der Waals surface area (Å²) in [6.07, 6.45) is 0.743. The summed E-state index contributed by atoms with van der Waals surface area (Å²) < 4.78 is 4.50. The summed E-state index contributed by atoms with van der Waals surface area (Å²) in [4.78, 5) is 22.4. The van der Waals surface area contributed by atoms with Gasteiger partial charge in [0.15, 0.2) is 6.29 Å². The molecule has 4 heteroatoms. The lowest BCUT2D eigenvalue weighted by Crippen LogP contribution is -1.96. The monoisotopic (exact) mass is 184 g/mol. The van der Waals surface area contributed by atoms with E-state index in [0.29, 0.717) is 9.75 Å². The molecule has 0 unspecified atom stereocenters. The van der Waals surface area contributed by atoms with E-state index in [1.165, 1.54) is 7.11 Å². The van der Waals surface area contributed by atoms with Crippen molar-refractivity contribution in [2.24, 2.45) is 0 Å². The first-order valence-electron chi connectivity index (χ1n) is 3.33. The van der Waals surface area contributed by atoms with E-state index in [1.54, 1.807) is 13.0 Å². The molecule has 64 valence electrons. The molecule has 0 fully saturated rings. The highest BCUT2D eigenvalue weighted by atomic mass is 32.1. The Balaban J connectivity index is 3.04. The first-order valence-corrected chi connectivity index (χ1v) is 4.14. The van der Waals surface area contributed by atoms with E-state index in [0.717, 1.165) is 23.2 Å². The van der Waals surface area contributed by atoms with E-state index in [-0.39, 0.29) is 0 Å². The molecule has 0 bridgehead atoms. The number of aryl methyl sites for hydroxylation is 1. The number of aldehydes is 1. The number of hydrogen-bond acceptors (Lipinski definition) is 4. The predicted molar refractivity (Wildman–Crippen MR) is 45.8 cm³/mol. The van der Waals surface area contributed by atoms with Crippen LogP contribution in [0, 0.1) is 6.92 Å². The van der Waals surface area contributed by atoms with Crippen molar-refractivity contribution < 1.29 is 14.3 Å². The average Bonchev–Trinajstić information content (AvgIpc) is 2.45. The smallest absolute Gasteiger partial charge is 0.348 e. The number of esters is 1. The Bertz CT molecular complexity index is 314. The van der Waals surface area contributed by atoms with Crippen LogP contribution in [0.3, 0.4) is 0 Å². The summed E-state index contributed by atoms with van der Waals surface area (Å²) in [6, 6.07) is 1.65. The van der Waals surface area contributed by atoms with Crippen LogP contribution in [0.25, 0.3) is 0 Å². The van der Waals surface area contributed by atoms with Crippen molar-refractivity contribution >= 4 is 23.6 Å². The van der Waals surface area contributed by atoms with Gasteiger partial charge in [0, 0.05) is 0 Å². The van der Waals surface area contributed by atoms with E-state index in [2.05, 4.69) is 4.74 Å². The molecule has 0 aliphatic carbocycles. The minimum Gasteiger partial charge on any atom is -0.465 e. The van der Waals surface area contributed by atoms with Crippen molar-refractivity contribution in [2.45, 2.75) is 6.92 Å². The maximum absolute atomic E-state index is 11.0. The number of rotatable bonds is 2. The molecule has 0 aromatic carbocycles. The molecule has 12 heavy (non-hydrogen) atoms. The fraction of sp³-hybridized carbons (Fsp3) is 0.250. The Labute approximate surface area is 74.0 Å². The SMILES string of the molecule is COC(=O)c1cc(C)c(C=O)s1. The number of thiophene rings is 1. The van der Waals surface area contributed by atoms with Crippen LogP contribution >= 0.6 is 11.3 Å². The summed E-state index contributed by atoms with van der Waals surface area (Å²) in [5.74, 6) is -0.392. The third kappa shape index (κ3) is 1.53. The van der Waals surface area contributed by atoms with Crippen LogP contribution in [0.4, 0.5) is 0 Å². The van der Waals surface area contributed by atoms with Gasteiger partial charge < -0.3 is 4.74 Å². The van der Waals surface area contributed by atoms with Gasteiger partial charge in [0.05, 0.1) is 12.0 Å². The van der Waals surface area contributed by atoms with Crippen molar-refractivity contribution in [3.8, 4) is 0 Å². The second kappa shape index (κ2) is 3.49. The lowest BCUT2D eigenvalue weighted by Gasteiger charge is -1.90. The third-order valence-corrected chi connectivity index (χ3v) is 2.59. The molecule has 0 saturated carbocycles. The Kier molecular flexibility index (Phi) is 2.60. The summed E-state index contributed by atoms with van der Waals surface area (Å²) >= 11 is 1.15. The van der Waals surface area contributed by atoms with Crippen LogP contribution in [-0.2, 0) is 4.74 Å². The van der Waals surface area contributed by atoms with Gasteiger partial charge in [-0.3, -0.25) is 4.79 Å². The average molecular weight is 184 g/mol. The molecule has 3 nitrogen and oxygen atoms in total. The standard InChI is InChI=1S/C8H8O3S/c1-5-3-6(8(10)11-2)12-7(5)4-9/h3-4H,1-2H3. The van der Waals surface area contributed by atoms with Gasteiger partial charge in [0.1, 0.15) is 4.88 Å². The maximum atomic E-state index is 11.0. The van der Waals surface area contributed by atoms with Gasteiger partial charge in [0.25, 0.3) is 0 Å². The Morgan fingerprint density at radius 3 is 2.75 bits per heavy atom. The molecule has 1 aromatic heterocycles. The van der Waals surface area contributed by atoms with Gasteiger partial charge in [-0.1, -0.05) is 0 Å². The number of methoxy groups -OCH3 is 1. The predicted octanol–water partition coefficient (Wildman–Crippen LogP) is 1.66. The molecule has 0 spiro atoms. The van der Waals surface area contributed by atoms with Crippen molar-refractivity contribution in [2.75, 3.05) is 7.11 Å². The molecule has 0 atom stereocenters. The zero-order chi connectivity index (χ0) is 9.14. The van der Waals surface area contributed by atoms with Crippen molar-refractivity contribution in [1.82, 2.24) is 0 Å². The molecule has 0 saturated heterocycles. The fourth-order valence-corrected chi connectivity index (χ4v) is 1.72. The minimum absolute atomic E-state index is 0.392. The number of ether oxygens (including phenoxy) is 1. The molecule has 0 radical (unpaired) electrons. The first kappa shape index (κ1) is 8.93. The molecule has 1 heterocycles. The second-order valence-corrected chi connectivity index (χ2v) is 3.35. The molecule has 1 aromatic rings. The summed E-state index contributed by atoms with van der Waals surface area (Å²) in [6.45, 7) is 1.78. The van der Waals surface area contributed by atoms with Crippen LogP contribution in [0.15, 0.2) is 6.07 Å². The second-order valence-electron chi connectivity index (χ2n) is 2.27. The van der Waals surface area contributed by atoms with E-state index in [1.807, 2.05) is 0 Å². The van der Waals surface area contributed by atoms with Crippen LogP contribution in [0.5, 0.6) is 0 Å². The Hall–Kier alpha value is -1.16. The summed E-state index contributed by atoms with van der Waals surface area (Å²) in [5, 5.41) is 0. The first-order chi connectivity index (χ1) is 5.69. The molecule has 0 aliphatic heterocycles. The van der Waals surface area contributed by atoms with Crippen molar-refractivity contribution in [3.05, 3.63) is 21.4 Å². The van der Waals surface area contributed by atoms with Crippen LogP contribution < -0.4 is 0 Å². The topological polar surface area (TPSA) is 43.4 Å². The normalized spacial score (nSPS) is 9.50. The quantitative estimate of drug-likeness (QED) is 0.518. The van der Waals surface area contributed by atoms with Gasteiger partial charge in [-0.15, -0.1) is 11.3 Å². The van der Waals surface area contributed by atoms with Gasteiger partial charge in [0.2, 0.25) is 0 Å². The minimum atomic E-state index is -0.392. The van der Waals surface area contributed by atoms with E-state index in [4.69, 9.17) is 0 Å². The molecular weight excluding hydrogens is 176 g/mol. The fourth-order valence-electron chi connectivity index (χ4n) is 0.814. The van der Waals surface area contributed by atoms with Crippen LogP contribution in [0.1, 0.15) is 24.9 Å². The number of carbonyl (C=O) groups is 2.